The Balaban J connectivity index is 1.78. The van der Waals surface area contributed by atoms with Gasteiger partial charge in [-0.2, -0.15) is 0 Å². The summed E-state index contributed by atoms with van der Waals surface area (Å²) in [4.78, 5) is 31.3. The number of dihydropyridines is 1. The van der Waals surface area contributed by atoms with Gasteiger partial charge >= 0.3 is 0 Å². The molecule has 1 aromatic heterocycles. The standard InChI is InChI=1S/C27H31N3O3/c1-6-33-19-12-10-18(11-13-19)24-23(26(32)30-22-9-7-8-16(2)28-22)17(3)29-20-14-27(4,5)15-21(31)25(20)24/h7-13,24,29H,6,14-15H2,1-5H3,(H,28,30,32). The zero-order valence-corrected chi connectivity index (χ0v) is 19.9. The summed E-state index contributed by atoms with van der Waals surface area (Å²) in [6.07, 6.45) is 1.21. The molecule has 1 aromatic carbocycles. The first-order valence-corrected chi connectivity index (χ1v) is 11.4. The van der Waals surface area contributed by atoms with Crippen molar-refractivity contribution in [3.05, 3.63) is 76.3 Å². The number of nitrogens with zero attached hydrogens (tertiary/aromatic N) is 1. The lowest BCUT2D eigenvalue weighted by Gasteiger charge is -2.39. The minimum atomic E-state index is -0.453. The van der Waals surface area contributed by atoms with E-state index in [1.165, 1.54) is 0 Å². The highest BCUT2D eigenvalue weighted by molar-refractivity contribution is 6.09. The number of amides is 1. The highest BCUT2D eigenvalue weighted by Crippen LogP contribution is 2.46. The number of ether oxygens (including phenoxy) is 1. The molecule has 1 amide bonds. The van der Waals surface area contributed by atoms with Gasteiger partial charge in [0, 0.05) is 40.6 Å². The number of aromatic nitrogens is 1. The van der Waals surface area contributed by atoms with E-state index in [1.54, 1.807) is 6.07 Å². The number of carbonyl (C=O) groups is 2. The van der Waals surface area contributed by atoms with Crippen molar-refractivity contribution in [2.75, 3.05) is 11.9 Å². The maximum absolute atomic E-state index is 13.5. The number of hydrogen-bond donors (Lipinski definition) is 2. The largest absolute Gasteiger partial charge is 0.494 e. The number of nitrogens with one attached hydrogen (secondary N) is 2. The molecular weight excluding hydrogens is 414 g/mol. The van der Waals surface area contributed by atoms with Gasteiger partial charge in [0.15, 0.2) is 5.78 Å². The van der Waals surface area contributed by atoms with Crippen molar-refractivity contribution >= 4 is 17.5 Å². The quantitative estimate of drug-likeness (QED) is 0.675. The predicted molar refractivity (Wildman–Crippen MR) is 129 cm³/mol. The lowest BCUT2D eigenvalue weighted by atomic mass is 9.68. The molecule has 33 heavy (non-hydrogen) atoms. The van der Waals surface area contributed by atoms with E-state index >= 15 is 0 Å². The van der Waals surface area contributed by atoms with Crippen LogP contribution >= 0.6 is 0 Å². The Morgan fingerprint density at radius 2 is 1.88 bits per heavy atom. The van der Waals surface area contributed by atoms with Crippen LogP contribution < -0.4 is 15.4 Å². The Morgan fingerprint density at radius 1 is 1.15 bits per heavy atom. The van der Waals surface area contributed by atoms with E-state index in [0.717, 1.165) is 34.8 Å². The zero-order valence-electron chi connectivity index (χ0n) is 19.9. The van der Waals surface area contributed by atoms with Crippen molar-refractivity contribution in [1.82, 2.24) is 10.3 Å². The van der Waals surface area contributed by atoms with Crippen LogP contribution in [0.5, 0.6) is 5.75 Å². The summed E-state index contributed by atoms with van der Waals surface area (Å²) in [5.74, 6) is 0.614. The molecule has 0 fully saturated rings. The first kappa shape index (κ1) is 22.8. The number of ketones is 1. The van der Waals surface area contributed by atoms with Crippen molar-refractivity contribution in [2.24, 2.45) is 5.41 Å². The molecule has 2 heterocycles. The summed E-state index contributed by atoms with van der Waals surface area (Å²) in [7, 11) is 0. The minimum Gasteiger partial charge on any atom is -0.494 e. The third-order valence-corrected chi connectivity index (χ3v) is 6.14. The third kappa shape index (κ3) is 4.70. The second kappa shape index (κ2) is 8.85. The second-order valence-electron chi connectivity index (χ2n) is 9.55. The molecule has 6 heteroatoms. The molecule has 2 aliphatic rings. The Morgan fingerprint density at radius 3 is 2.55 bits per heavy atom. The number of allylic oxidation sites excluding steroid dienone is 3. The first-order valence-electron chi connectivity index (χ1n) is 11.4. The fourth-order valence-electron chi connectivity index (χ4n) is 4.79. The van der Waals surface area contributed by atoms with Gasteiger partial charge in [0.05, 0.1) is 6.61 Å². The molecule has 1 atom stereocenters. The molecule has 2 N–H and O–H groups in total. The van der Waals surface area contributed by atoms with Gasteiger partial charge in [0.1, 0.15) is 11.6 Å². The number of rotatable bonds is 5. The lowest BCUT2D eigenvalue weighted by Crippen LogP contribution is -2.39. The molecular formula is C27H31N3O3. The molecule has 0 radical (unpaired) electrons. The predicted octanol–water partition coefficient (Wildman–Crippen LogP) is 5.03. The minimum absolute atomic E-state index is 0.0825. The molecule has 0 bridgehead atoms. The molecule has 0 spiro atoms. The van der Waals surface area contributed by atoms with Crippen molar-refractivity contribution in [2.45, 2.75) is 53.4 Å². The van der Waals surface area contributed by atoms with Crippen molar-refractivity contribution in [3.63, 3.8) is 0 Å². The molecule has 1 unspecified atom stereocenters. The van der Waals surface area contributed by atoms with E-state index in [4.69, 9.17) is 4.74 Å². The van der Waals surface area contributed by atoms with Gasteiger partial charge in [0.2, 0.25) is 0 Å². The van der Waals surface area contributed by atoms with E-state index in [2.05, 4.69) is 29.5 Å². The van der Waals surface area contributed by atoms with Gasteiger partial charge in [-0.15, -0.1) is 0 Å². The van der Waals surface area contributed by atoms with Crippen molar-refractivity contribution < 1.29 is 14.3 Å². The lowest BCUT2D eigenvalue weighted by molar-refractivity contribution is -0.118. The summed E-state index contributed by atoms with van der Waals surface area (Å²) in [6.45, 7) is 10.5. The number of pyridine rings is 1. The number of benzene rings is 1. The maximum atomic E-state index is 13.5. The first-order chi connectivity index (χ1) is 15.7. The Hall–Kier alpha value is -3.41. The number of Topliss-reactive ketones (excluding diaryl/α,β-unsaturated/α-hetero) is 1. The van der Waals surface area contributed by atoms with Crippen LogP contribution in [-0.2, 0) is 9.59 Å². The maximum Gasteiger partial charge on any atom is 0.255 e. The number of aryl methyl sites for hydroxylation is 1. The monoisotopic (exact) mass is 445 g/mol. The third-order valence-electron chi connectivity index (χ3n) is 6.14. The van der Waals surface area contributed by atoms with Crippen molar-refractivity contribution in [1.29, 1.82) is 0 Å². The zero-order chi connectivity index (χ0) is 23.8. The summed E-state index contributed by atoms with van der Waals surface area (Å²) >= 11 is 0. The Bertz CT molecular complexity index is 1160. The smallest absolute Gasteiger partial charge is 0.255 e. The van der Waals surface area contributed by atoms with E-state index in [0.29, 0.717) is 30.0 Å². The van der Waals surface area contributed by atoms with Crippen LogP contribution in [0.15, 0.2) is 65.0 Å². The molecule has 6 nitrogen and oxygen atoms in total. The highest BCUT2D eigenvalue weighted by atomic mass is 16.5. The van der Waals surface area contributed by atoms with E-state index in [9.17, 15) is 9.59 Å². The van der Waals surface area contributed by atoms with Gasteiger partial charge in [-0.05, 0) is 62.4 Å². The number of anilines is 1. The van der Waals surface area contributed by atoms with Gasteiger partial charge < -0.3 is 15.4 Å². The average molecular weight is 446 g/mol. The topological polar surface area (TPSA) is 80.3 Å². The molecule has 1 aliphatic carbocycles. The molecule has 0 saturated carbocycles. The highest BCUT2D eigenvalue weighted by Gasteiger charge is 2.42. The van der Waals surface area contributed by atoms with Crippen LogP contribution in [0, 0.1) is 12.3 Å². The van der Waals surface area contributed by atoms with Crippen LogP contribution in [0.4, 0.5) is 5.82 Å². The van der Waals surface area contributed by atoms with E-state index in [1.807, 2.05) is 57.2 Å². The van der Waals surface area contributed by atoms with Crippen LogP contribution in [-0.4, -0.2) is 23.3 Å². The second-order valence-corrected chi connectivity index (χ2v) is 9.55. The summed E-state index contributed by atoms with van der Waals surface area (Å²) in [6, 6.07) is 13.2. The molecule has 0 saturated heterocycles. The molecule has 2 aromatic rings. The summed E-state index contributed by atoms with van der Waals surface area (Å²) < 4.78 is 5.60. The Kier molecular flexibility index (Phi) is 6.11. The average Bonchev–Trinajstić information content (AvgIpc) is 2.72. The molecule has 1 aliphatic heterocycles. The SMILES string of the molecule is CCOc1ccc(C2C(C(=O)Nc3cccc(C)n3)=C(C)NC3=C2C(=O)CC(C)(C)C3)cc1. The normalized spacial score (nSPS) is 19.7. The summed E-state index contributed by atoms with van der Waals surface area (Å²) in [5.41, 5.74) is 4.47. The molecule has 172 valence electrons. The van der Waals surface area contributed by atoms with Gasteiger partial charge in [-0.1, -0.05) is 32.0 Å². The van der Waals surface area contributed by atoms with Gasteiger partial charge in [0.25, 0.3) is 5.91 Å². The van der Waals surface area contributed by atoms with Gasteiger partial charge in [-0.25, -0.2) is 4.98 Å². The fourth-order valence-corrected chi connectivity index (χ4v) is 4.79. The van der Waals surface area contributed by atoms with Crippen LogP contribution in [0.3, 0.4) is 0 Å². The molecule has 4 rings (SSSR count). The van der Waals surface area contributed by atoms with E-state index in [-0.39, 0.29) is 17.1 Å². The number of carbonyl (C=O) groups excluding carboxylic acids is 2. The van der Waals surface area contributed by atoms with Crippen LogP contribution in [0.2, 0.25) is 0 Å². The number of hydrogen-bond acceptors (Lipinski definition) is 5. The van der Waals surface area contributed by atoms with Crippen LogP contribution in [0.1, 0.15) is 57.7 Å². The van der Waals surface area contributed by atoms with E-state index < -0.39 is 5.92 Å². The Labute approximate surface area is 195 Å². The summed E-state index contributed by atoms with van der Waals surface area (Å²) in [5, 5.41) is 6.33. The fraction of sp³-hybridized carbons (Fsp3) is 0.370. The van der Waals surface area contributed by atoms with Gasteiger partial charge in [-0.3, -0.25) is 9.59 Å². The van der Waals surface area contributed by atoms with Crippen molar-refractivity contribution in [3.8, 4) is 5.75 Å². The van der Waals surface area contributed by atoms with Crippen LogP contribution in [0.25, 0.3) is 0 Å².